The van der Waals surface area contributed by atoms with Gasteiger partial charge in [-0.2, -0.15) is 13.2 Å². The molecule has 1 amide bonds. The smallest absolute Gasteiger partial charge is 0.376 e. The van der Waals surface area contributed by atoms with E-state index in [1.807, 2.05) is 6.92 Å². The summed E-state index contributed by atoms with van der Waals surface area (Å²) in [5, 5.41) is 5.68. The number of benzene rings is 2. The Balaban J connectivity index is 1.92. The maximum Gasteiger partial charge on any atom is 0.416 e. The minimum atomic E-state index is -4.47. The van der Waals surface area contributed by atoms with E-state index in [9.17, 15) is 26.4 Å². The highest BCUT2D eigenvalue weighted by Crippen LogP contribution is 2.39. The Bertz CT molecular complexity index is 1090. The lowest BCUT2D eigenvalue weighted by Crippen LogP contribution is -2.32. The summed E-state index contributed by atoms with van der Waals surface area (Å²) in [5.41, 5.74) is -0.724. The summed E-state index contributed by atoms with van der Waals surface area (Å²) in [4.78, 5) is 12.8. The fourth-order valence-corrected chi connectivity index (χ4v) is 3.77. The number of methoxy groups -OCH3 is 1. The molecule has 0 aromatic heterocycles. The quantitative estimate of drug-likeness (QED) is 0.593. The summed E-state index contributed by atoms with van der Waals surface area (Å²) >= 11 is 0. The topological polar surface area (TPSA) is 96.5 Å². The van der Waals surface area contributed by atoms with Crippen molar-refractivity contribution >= 4 is 27.3 Å². The van der Waals surface area contributed by atoms with Crippen LogP contribution in [0.15, 0.2) is 47.4 Å². The summed E-state index contributed by atoms with van der Waals surface area (Å²) in [5.74, 6) is -0.534. The second-order valence-electron chi connectivity index (χ2n) is 7.36. The second-order valence-corrected chi connectivity index (χ2v) is 9.25. The Morgan fingerprint density at radius 3 is 2.32 bits per heavy atom. The van der Waals surface area contributed by atoms with Gasteiger partial charge in [-0.1, -0.05) is 0 Å². The van der Waals surface area contributed by atoms with Crippen LogP contribution in [0.3, 0.4) is 0 Å². The van der Waals surface area contributed by atoms with Gasteiger partial charge in [-0.3, -0.25) is 4.79 Å². The third kappa shape index (κ3) is 5.00. The van der Waals surface area contributed by atoms with E-state index in [1.165, 1.54) is 44.5 Å². The molecule has 1 saturated carbocycles. The molecule has 0 saturated heterocycles. The number of ether oxygens (including phenoxy) is 1. The van der Waals surface area contributed by atoms with Crippen molar-refractivity contribution in [3.63, 3.8) is 0 Å². The number of sulfonamides is 1. The van der Waals surface area contributed by atoms with Crippen molar-refractivity contribution in [1.29, 1.82) is 0 Å². The van der Waals surface area contributed by atoms with Gasteiger partial charge in [-0.25, -0.2) is 13.1 Å². The van der Waals surface area contributed by atoms with E-state index in [4.69, 9.17) is 4.74 Å². The molecule has 7 nitrogen and oxygen atoms in total. The second kappa shape index (κ2) is 8.13. The number of anilines is 2. The molecule has 1 fully saturated rings. The first-order valence-corrected chi connectivity index (χ1v) is 10.8. The summed E-state index contributed by atoms with van der Waals surface area (Å²) in [6.07, 6.45) is -3.86. The lowest BCUT2D eigenvalue weighted by atomic mass is 10.1. The maximum absolute atomic E-state index is 12.9. The minimum absolute atomic E-state index is 0.0292. The van der Waals surface area contributed by atoms with Crippen LogP contribution in [-0.2, 0) is 20.9 Å². The van der Waals surface area contributed by atoms with Gasteiger partial charge in [0.05, 0.1) is 33.4 Å². The zero-order valence-corrected chi connectivity index (χ0v) is 17.8. The first-order chi connectivity index (χ1) is 14.4. The predicted molar refractivity (Wildman–Crippen MR) is 109 cm³/mol. The summed E-state index contributed by atoms with van der Waals surface area (Å²) < 4.78 is 70.2. The van der Waals surface area contributed by atoms with Crippen molar-refractivity contribution in [2.75, 3.05) is 19.5 Å². The van der Waals surface area contributed by atoms with E-state index in [2.05, 4.69) is 15.4 Å². The third-order valence-electron chi connectivity index (χ3n) is 5.26. The maximum atomic E-state index is 12.9. The van der Waals surface area contributed by atoms with Crippen molar-refractivity contribution in [2.45, 2.75) is 36.1 Å². The van der Waals surface area contributed by atoms with Crippen LogP contribution < -0.4 is 15.4 Å². The van der Waals surface area contributed by atoms with Crippen LogP contribution in [0.5, 0.6) is 0 Å². The number of nitrogens with one attached hydrogen (secondary N) is 3. The van der Waals surface area contributed by atoms with Crippen LogP contribution in [-0.4, -0.2) is 40.1 Å². The first-order valence-electron chi connectivity index (χ1n) is 9.27. The van der Waals surface area contributed by atoms with Crippen LogP contribution in [0.2, 0.25) is 0 Å². The van der Waals surface area contributed by atoms with Crippen molar-refractivity contribution in [1.82, 2.24) is 10.0 Å². The van der Waals surface area contributed by atoms with Crippen molar-refractivity contribution in [3.8, 4) is 0 Å². The van der Waals surface area contributed by atoms with E-state index < -0.39 is 33.3 Å². The summed E-state index contributed by atoms with van der Waals surface area (Å²) in [6.45, 7) is 1.83. The van der Waals surface area contributed by atoms with Gasteiger partial charge in [0.15, 0.2) is 0 Å². The van der Waals surface area contributed by atoms with Gasteiger partial charge >= 0.3 is 6.18 Å². The highest BCUT2D eigenvalue weighted by molar-refractivity contribution is 7.89. The van der Waals surface area contributed by atoms with E-state index >= 15 is 0 Å². The molecule has 2 aromatic rings. The minimum Gasteiger partial charge on any atom is -0.376 e. The van der Waals surface area contributed by atoms with Crippen molar-refractivity contribution in [3.05, 3.63) is 53.6 Å². The molecular formula is C20H22F3N3O4S. The zero-order valence-electron chi connectivity index (χ0n) is 17.0. The van der Waals surface area contributed by atoms with Gasteiger partial charge in [0, 0.05) is 19.2 Å². The zero-order chi connectivity index (χ0) is 23.0. The summed E-state index contributed by atoms with van der Waals surface area (Å²) in [6, 6.07) is 7.93. The normalized spacial score (nSPS) is 20.9. The van der Waals surface area contributed by atoms with E-state index in [1.54, 1.807) is 0 Å². The molecule has 31 heavy (non-hydrogen) atoms. The molecule has 11 heteroatoms. The number of halogens is 3. The van der Waals surface area contributed by atoms with Crippen LogP contribution in [0.4, 0.5) is 24.5 Å². The molecule has 0 radical (unpaired) electrons. The Labute approximate surface area is 178 Å². The van der Waals surface area contributed by atoms with Crippen LogP contribution in [0, 0.1) is 0 Å². The highest BCUT2D eigenvalue weighted by atomic mass is 32.2. The fourth-order valence-electron chi connectivity index (χ4n) is 3.01. The monoisotopic (exact) mass is 457 g/mol. The van der Waals surface area contributed by atoms with E-state index in [0.29, 0.717) is 12.1 Å². The molecule has 0 aliphatic heterocycles. The molecule has 2 atom stereocenters. The molecule has 0 bridgehead atoms. The molecule has 3 rings (SSSR count). The average molecular weight is 457 g/mol. The van der Waals surface area contributed by atoms with Gasteiger partial charge in [0.1, 0.15) is 0 Å². The number of hydrogen-bond acceptors (Lipinski definition) is 5. The number of carbonyl (C=O) groups excluding carboxylic acids is 1. The molecular weight excluding hydrogens is 435 g/mol. The Hall–Kier alpha value is -2.63. The van der Waals surface area contributed by atoms with Crippen LogP contribution in [0.1, 0.15) is 29.3 Å². The van der Waals surface area contributed by atoms with Crippen LogP contribution >= 0.6 is 0 Å². The predicted octanol–water partition coefficient (Wildman–Crippen LogP) is 3.26. The molecule has 1 aliphatic rings. The van der Waals surface area contributed by atoms with Crippen LogP contribution in [0.25, 0.3) is 0 Å². The number of alkyl halides is 3. The van der Waals surface area contributed by atoms with Gasteiger partial charge in [0.25, 0.3) is 5.91 Å². The largest absolute Gasteiger partial charge is 0.416 e. The Morgan fingerprint density at radius 2 is 1.81 bits per heavy atom. The molecule has 0 heterocycles. The van der Waals surface area contributed by atoms with Gasteiger partial charge < -0.3 is 15.4 Å². The molecule has 168 valence electrons. The van der Waals surface area contributed by atoms with Gasteiger partial charge in [0.2, 0.25) is 10.0 Å². The van der Waals surface area contributed by atoms with Crippen molar-refractivity contribution < 1.29 is 31.1 Å². The fraction of sp³-hybridized carbons (Fsp3) is 0.350. The standard InChI is InChI=1S/C20H22F3N3O4S/c1-19(30-3)11-17(19)26-18(27)15-10-14(31(28,29)24-2)8-9-16(15)25-13-6-4-12(5-7-13)20(21,22)23/h4-10,17,24-25H,11H2,1-3H3,(H,26,27)/t17-,19+/m0/s1. The molecule has 0 spiro atoms. The number of hydrogen-bond donors (Lipinski definition) is 3. The average Bonchev–Trinajstić information content (AvgIpc) is 3.37. The van der Waals surface area contributed by atoms with E-state index in [0.717, 1.165) is 12.1 Å². The number of amides is 1. The number of rotatable bonds is 7. The van der Waals surface area contributed by atoms with Gasteiger partial charge in [-0.15, -0.1) is 0 Å². The SMILES string of the molecule is CNS(=O)(=O)c1ccc(Nc2ccc(C(F)(F)F)cc2)c(C(=O)N[C@H]2C[C@@]2(C)OC)c1. The first kappa shape index (κ1) is 23.0. The van der Waals surface area contributed by atoms with E-state index in [-0.39, 0.29) is 22.2 Å². The lowest BCUT2D eigenvalue weighted by Gasteiger charge is -2.16. The lowest BCUT2D eigenvalue weighted by molar-refractivity contribution is -0.137. The van der Waals surface area contributed by atoms with Crippen molar-refractivity contribution in [2.24, 2.45) is 0 Å². The Morgan fingerprint density at radius 1 is 1.16 bits per heavy atom. The third-order valence-corrected chi connectivity index (χ3v) is 6.68. The van der Waals surface area contributed by atoms with Gasteiger partial charge in [-0.05, 0) is 56.4 Å². The number of carbonyl (C=O) groups is 1. The molecule has 3 N–H and O–H groups in total. The summed E-state index contributed by atoms with van der Waals surface area (Å²) in [7, 11) is -1.03. The Kier molecular flexibility index (Phi) is 6.05. The molecule has 1 aliphatic carbocycles. The molecule has 0 unspecified atom stereocenters. The molecule has 2 aromatic carbocycles. The highest BCUT2D eigenvalue weighted by Gasteiger charge is 2.51.